The molecule has 0 aliphatic heterocycles. The number of anilines is 4. The highest BCUT2D eigenvalue weighted by Gasteiger charge is 2.55. The van der Waals surface area contributed by atoms with Crippen LogP contribution in [0.25, 0.3) is 0 Å². The number of carbonyl (C=O) groups is 2. The molecule has 16 rings (SSSR count). The van der Waals surface area contributed by atoms with E-state index in [2.05, 4.69) is 52.5 Å². The van der Waals surface area contributed by atoms with Crippen LogP contribution in [0.2, 0.25) is 0 Å². The Balaban J connectivity index is 0.000000108. The number of urea groups is 1. The number of nitrogen functional groups attached to an aromatic ring is 3. The number of rotatable bonds is 15. The van der Waals surface area contributed by atoms with Gasteiger partial charge in [0.1, 0.15) is 0 Å². The van der Waals surface area contributed by atoms with E-state index in [0.29, 0.717) is 35.2 Å². The lowest BCUT2D eigenvalue weighted by Gasteiger charge is -2.31. The molecule has 12 nitrogen and oxygen atoms in total. The van der Waals surface area contributed by atoms with E-state index in [9.17, 15) is 28.2 Å². The van der Waals surface area contributed by atoms with Crippen LogP contribution in [0.5, 0.6) is 0 Å². The number of fused-ring (bicyclic) bond motifs is 4. The number of aliphatic hydroxyl groups is 2. The van der Waals surface area contributed by atoms with Crippen LogP contribution in [0.3, 0.4) is 0 Å². The maximum Gasteiger partial charge on any atom is 0.333 e. The fraction of sp³-hybridized carbons (Fsp3) is 0.565. The lowest BCUT2D eigenvalue weighted by atomic mass is 9.81. The van der Waals surface area contributed by atoms with Gasteiger partial charge >= 0.3 is 6.03 Å². The summed E-state index contributed by atoms with van der Waals surface area (Å²) < 4.78 is 32.6. The molecule has 0 bridgehead atoms. The molecular weight excluding hydrogens is 1040 g/mol. The molecule has 0 saturated heterocycles. The number of benzene rings is 4. The van der Waals surface area contributed by atoms with Crippen molar-refractivity contribution in [1.29, 1.82) is 0 Å². The number of aryl methyl sites for hydroxylation is 4. The van der Waals surface area contributed by atoms with Gasteiger partial charge in [0.15, 0.2) is 5.78 Å². The number of carbonyl (C=O) groups excluding carboxylic acids is 2. The monoisotopic (exact) mass is 1130 g/mol. The number of nitrogens with two attached hydrogens (primary N) is 3. The Morgan fingerprint density at radius 2 is 1.01 bits per heavy atom. The summed E-state index contributed by atoms with van der Waals surface area (Å²) >= 11 is 0. The standard InChI is InChI=1S/C24H30N2O5S.C16H21NO.C16H21N.C13H15NO/c1-24(2,28)17-12-20(31-13-17)32(29,30)26-23(27)25-22-18-5-3-4-14(18)10-11-19(22)21(15-6-7-15)16-8-9-16;17-15-13-3-1-2-10(13)4-9-14(15)16(18,11-5-6-11)12-7-8-12;17-16-13-3-1-2-10(13)8-9-14(16)15(11-4-5-11)12-6-7-12;14-12-10-3-1-2-8(10)6-7-11(12)13(15)9-4-5-9/h10-13,15-16,21,28H,3-9H2,1-2H3,(H2,25,26,27);4,9,11-12,18H,1-3,5-8,17H2;8-9,11-12,15H,1-7,17H2;6-7,9H,1-5,14H2. The molecule has 7 fully saturated rings. The largest absolute Gasteiger partial charge is 0.451 e. The summed E-state index contributed by atoms with van der Waals surface area (Å²) in [5.74, 6) is 5.96. The molecule has 11 aliphatic rings. The molecule has 4 aromatic carbocycles. The van der Waals surface area contributed by atoms with Crippen LogP contribution < -0.4 is 27.2 Å². The first kappa shape index (κ1) is 55.6. The molecule has 436 valence electrons. The van der Waals surface area contributed by atoms with Crippen molar-refractivity contribution in [2.75, 3.05) is 22.5 Å². The Hall–Kier alpha value is -5.63. The number of Topliss-reactive ketones (excluding diaryl/α,β-unsaturated/α-hetero) is 1. The summed E-state index contributed by atoms with van der Waals surface area (Å²) in [4.78, 5) is 24.8. The zero-order chi connectivity index (χ0) is 56.8. The summed E-state index contributed by atoms with van der Waals surface area (Å²) in [6.07, 6.45) is 32.1. The molecule has 1 heterocycles. The first-order valence-corrected chi connectivity index (χ1v) is 33.2. The number of furan rings is 1. The van der Waals surface area contributed by atoms with Crippen molar-refractivity contribution >= 4 is 44.6 Å². The van der Waals surface area contributed by atoms with Gasteiger partial charge in [-0.25, -0.2) is 9.52 Å². The van der Waals surface area contributed by atoms with Gasteiger partial charge in [0.05, 0.1) is 17.5 Å². The van der Waals surface area contributed by atoms with Gasteiger partial charge in [-0.3, -0.25) is 4.79 Å². The van der Waals surface area contributed by atoms with E-state index >= 15 is 0 Å². The summed E-state index contributed by atoms with van der Waals surface area (Å²) in [6.45, 7) is 3.06. The quantitative estimate of drug-likeness (QED) is 0.0388. The van der Waals surface area contributed by atoms with Gasteiger partial charge < -0.3 is 37.1 Å². The molecule has 13 heteroatoms. The second-order valence-electron chi connectivity index (χ2n) is 27.3. The van der Waals surface area contributed by atoms with Crippen LogP contribution in [0, 0.1) is 41.4 Å². The van der Waals surface area contributed by atoms with Crippen LogP contribution in [0.1, 0.15) is 218 Å². The van der Waals surface area contributed by atoms with Gasteiger partial charge in [-0.05, 0) is 290 Å². The summed E-state index contributed by atoms with van der Waals surface area (Å²) in [5.41, 5.74) is 36.2. The lowest BCUT2D eigenvalue weighted by Crippen LogP contribution is -2.35. The van der Waals surface area contributed by atoms with Crippen LogP contribution in [-0.4, -0.2) is 30.4 Å². The zero-order valence-electron chi connectivity index (χ0n) is 48.4. The van der Waals surface area contributed by atoms with Gasteiger partial charge in [-0.2, -0.15) is 8.42 Å². The van der Waals surface area contributed by atoms with E-state index in [4.69, 9.17) is 21.6 Å². The second kappa shape index (κ2) is 21.8. The average molecular weight is 1130 g/mol. The van der Waals surface area contributed by atoms with E-state index in [1.807, 2.05) is 6.07 Å². The third-order valence-corrected chi connectivity index (χ3v) is 21.8. The number of nitrogens with one attached hydrogen (secondary N) is 2. The van der Waals surface area contributed by atoms with Crippen molar-refractivity contribution in [3.63, 3.8) is 0 Å². The Morgan fingerprint density at radius 1 is 0.561 bits per heavy atom. The third kappa shape index (κ3) is 11.4. The fourth-order valence-corrected chi connectivity index (χ4v) is 16.0. The minimum Gasteiger partial charge on any atom is -0.451 e. The summed E-state index contributed by atoms with van der Waals surface area (Å²) in [6, 6.07) is 17.9. The van der Waals surface area contributed by atoms with E-state index in [1.54, 1.807) is 0 Å². The first-order chi connectivity index (χ1) is 39.5. The number of amides is 2. The molecule has 0 radical (unpaired) electrons. The zero-order valence-corrected chi connectivity index (χ0v) is 49.2. The van der Waals surface area contributed by atoms with Gasteiger partial charge in [-0.15, -0.1) is 0 Å². The highest BCUT2D eigenvalue weighted by atomic mass is 32.2. The van der Waals surface area contributed by atoms with Crippen molar-refractivity contribution in [2.45, 2.75) is 209 Å². The molecule has 0 spiro atoms. The van der Waals surface area contributed by atoms with Gasteiger partial charge in [0.2, 0.25) is 5.09 Å². The smallest absolute Gasteiger partial charge is 0.333 e. The van der Waals surface area contributed by atoms with Crippen molar-refractivity contribution in [3.8, 4) is 0 Å². The van der Waals surface area contributed by atoms with Crippen LogP contribution in [0.15, 0.2) is 70.4 Å². The summed E-state index contributed by atoms with van der Waals surface area (Å²) in [7, 11) is -4.21. The molecule has 82 heavy (non-hydrogen) atoms. The molecule has 5 aromatic rings. The van der Waals surface area contributed by atoms with Crippen molar-refractivity contribution in [2.24, 2.45) is 41.4 Å². The highest BCUT2D eigenvalue weighted by molar-refractivity contribution is 7.89. The Bertz CT molecular complexity index is 3370. The molecule has 10 N–H and O–H groups in total. The van der Waals surface area contributed by atoms with Gasteiger partial charge in [-0.1, -0.05) is 42.5 Å². The third-order valence-electron chi connectivity index (χ3n) is 20.6. The Kier molecular flexibility index (Phi) is 14.8. The number of hydrogen-bond donors (Lipinski definition) is 7. The van der Waals surface area contributed by atoms with Crippen molar-refractivity contribution in [1.82, 2.24) is 4.72 Å². The number of sulfonamides is 1. The normalized spacial score (nSPS) is 20.6. The van der Waals surface area contributed by atoms with E-state index < -0.39 is 32.3 Å². The predicted octanol–water partition coefficient (Wildman–Crippen LogP) is 13.2. The second-order valence-corrected chi connectivity index (χ2v) is 28.9. The Morgan fingerprint density at radius 3 is 1.50 bits per heavy atom. The average Bonchev–Trinajstić information content (AvgIpc) is 4.44. The maximum atomic E-state index is 12.9. The van der Waals surface area contributed by atoms with E-state index in [1.165, 1.54) is 186 Å². The van der Waals surface area contributed by atoms with Crippen LogP contribution >= 0.6 is 0 Å². The van der Waals surface area contributed by atoms with Gasteiger partial charge in [0.25, 0.3) is 10.0 Å². The number of ketones is 1. The maximum absolute atomic E-state index is 12.9. The van der Waals surface area contributed by atoms with Crippen LogP contribution in [0.4, 0.5) is 27.5 Å². The molecule has 0 atom stereocenters. The molecule has 1 aromatic heterocycles. The Labute approximate surface area is 485 Å². The lowest BCUT2D eigenvalue weighted by molar-refractivity contribution is -0.00952. The first-order valence-electron chi connectivity index (χ1n) is 31.7. The predicted molar refractivity (Wildman–Crippen MR) is 323 cm³/mol. The van der Waals surface area contributed by atoms with Gasteiger partial charge in [0, 0.05) is 51.4 Å². The molecule has 11 aliphatic carbocycles. The topological polar surface area (TPSA) is 224 Å². The highest BCUT2D eigenvalue weighted by Crippen LogP contribution is 2.60. The fourth-order valence-electron chi connectivity index (χ4n) is 15.1. The SMILES string of the molecule is CC(C)(O)c1coc(S(=O)(=O)NC(=O)Nc2c(C(C3CC3)C3CC3)ccc3c2CCC3)c1.Nc1c(C(=O)C2CC2)ccc2c1CCC2.Nc1c(C(C2CC2)C2CC2)ccc2c1CCC2.Nc1c(C(O)(C2CC2)C2CC2)ccc2c1CCC2. The minimum atomic E-state index is -4.21. The molecule has 2 amide bonds. The van der Waals surface area contributed by atoms with E-state index in [-0.39, 0.29) is 11.7 Å². The van der Waals surface area contributed by atoms with Crippen molar-refractivity contribution < 1.29 is 32.6 Å². The minimum absolute atomic E-state index is 0.266. The summed E-state index contributed by atoms with van der Waals surface area (Å²) in [5, 5.41) is 23.8. The molecule has 0 unspecified atom stereocenters. The molecular formula is C69H87N5O7S. The van der Waals surface area contributed by atoms with E-state index in [0.717, 1.165) is 115 Å². The molecule has 7 saturated carbocycles. The van der Waals surface area contributed by atoms with Crippen molar-refractivity contribution in [3.05, 3.63) is 133 Å². The van der Waals surface area contributed by atoms with Crippen LogP contribution in [-0.2, 0) is 72.6 Å². The number of hydrogen-bond acceptors (Lipinski definition) is 10.